The van der Waals surface area contributed by atoms with Gasteiger partial charge in [-0.05, 0) is 36.8 Å². The molecule has 0 fully saturated rings. The predicted octanol–water partition coefficient (Wildman–Crippen LogP) is 3.49. The third-order valence-electron chi connectivity index (χ3n) is 2.66. The Morgan fingerprint density at radius 3 is 2.75 bits per heavy atom. The molecule has 104 valence electrons. The minimum atomic E-state index is -1.06. The fraction of sp³-hybridized carbons (Fsp3) is 0.143. The van der Waals surface area contributed by atoms with Crippen LogP contribution in [0.2, 0.25) is 5.15 Å². The first kappa shape index (κ1) is 14.1. The third-order valence-corrected chi connectivity index (χ3v) is 2.85. The summed E-state index contributed by atoms with van der Waals surface area (Å²) in [7, 11) is 1.56. The van der Waals surface area contributed by atoms with Crippen LogP contribution in [0.1, 0.15) is 15.9 Å². The quantitative estimate of drug-likeness (QED) is 0.844. The average molecular weight is 293 g/mol. The molecule has 0 atom stereocenters. The van der Waals surface area contributed by atoms with Crippen molar-refractivity contribution in [1.82, 2.24) is 4.98 Å². The highest BCUT2D eigenvalue weighted by molar-refractivity contribution is 6.29. The maximum absolute atomic E-state index is 11.0. The molecule has 0 amide bonds. The second-order valence-electron chi connectivity index (χ2n) is 4.20. The van der Waals surface area contributed by atoms with Gasteiger partial charge >= 0.3 is 5.97 Å². The number of nitrogens with one attached hydrogen (secondary N) is 1. The van der Waals surface area contributed by atoms with Crippen LogP contribution in [0.15, 0.2) is 30.3 Å². The SMILES string of the molecule is COc1ccc(C)cc1Nc1cc(C(=O)O)cc(Cl)n1. The highest BCUT2D eigenvalue weighted by Crippen LogP contribution is 2.28. The molecule has 1 aromatic carbocycles. The molecule has 0 aliphatic rings. The summed E-state index contributed by atoms with van der Waals surface area (Å²) >= 11 is 5.82. The van der Waals surface area contributed by atoms with Gasteiger partial charge in [0.1, 0.15) is 16.7 Å². The van der Waals surface area contributed by atoms with E-state index in [1.807, 2.05) is 25.1 Å². The Bertz CT molecular complexity index is 659. The van der Waals surface area contributed by atoms with Crippen molar-refractivity contribution in [3.63, 3.8) is 0 Å². The number of anilines is 2. The molecule has 0 spiro atoms. The second kappa shape index (κ2) is 5.79. The number of nitrogens with zero attached hydrogens (tertiary/aromatic N) is 1. The molecule has 1 heterocycles. The van der Waals surface area contributed by atoms with Crippen LogP contribution in [0, 0.1) is 6.92 Å². The van der Waals surface area contributed by atoms with Crippen molar-refractivity contribution in [1.29, 1.82) is 0 Å². The van der Waals surface area contributed by atoms with Crippen LogP contribution in [0.3, 0.4) is 0 Å². The van der Waals surface area contributed by atoms with E-state index in [1.54, 1.807) is 7.11 Å². The Morgan fingerprint density at radius 1 is 1.35 bits per heavy atom. The molecular formula is C14H13ClN2O3. The van der Waals surface area contributed by atoms with Crippen LogP contribution in [-0.4, -0.2) is 23.2 Å². The summed E-state index contributed by atoms with van der Waals surface area (Å²) in [6.07, 6.45) is 0. The molecule has 0 aliphatic carbocycles. The minimum absolute atomic E-state index is 0.0686. The van der Waals surface area contributed by atoms with Gasteiger partial charge in [-0.3, -0.25) is 0 Å². The van der Waals surface area contributed by atoms with Gasteiger partial charge in [-0.25, -0.2) is 9.78 Å². The molecule has 1 aromatic heterocycles. The van der Waals surface area contributed by atoms with E-state index in [4.69, 9.17) is 21.4 Å². The Morgan fingerprint density at radius 2 is 2.10 bits per heavy atom. The number of hydrogen-bond donors (Lipinski definition) is 2. The van der Waals surface area contributed by atoms with Crippen molar-refractivity contribution in [2.75, 3.05) is 12.4 Å². The van der Waals surface area contributed by atoms with Crippen molar-refractivity contribution in [2.24, 2.45) is 0 Å². The number of aryl methyl sites for hydroxylation is 1. The number of methoxy groups -OCH3 is 1. The molecule has 5 nitrogen and oxygen atoms in total. The summed E-state index contributed by atoms with van der Waals surface area (Å²) in [6, 6.07) is 8.32. The van der Waals surface area contributed by atoms with Gasteiger partial charge in [-0.15, -0.1) is 0 Å². The van der Waals surface area contributed by atoms with E-state index >= 15 is 0 Å². The molecule has 2 rings (SSSR count). The van der Waals surface area contributed by atoms with Gasteiger partial charge in [-0.2, -0.15) is 0 Å². The lowest BCUT2D eigenvalue weighted by molar-refractivity contribution is 0.0697. The zero-order chi connectivity index (χ0) is 14.7. The molecule has 2 aromatic rings. The number of pyridine rings is 1. The van der Waals surface area contributed by atoms with E-state index in [9.17, 15) is 4.79 Å². The summed E-state index contributed by atoms with van der Waals surface area (Å²) in [5.74, 6) is -0.0818. The summed E-state index contributed by atoms with van der Waals surface area (Å²) in [5, 5.41) is 12.1. The second-order valence-corrected chi connectivity index (χ2v) is 4.58. The topological polar surface area (TPSA) is 71.5 Å². The summed E-state index contributed by atoms with van der Waals surface area (Å²) in [4.78, 5) is 15.0. The van der Waals surface area contributed by atoms with E-state index in [2.05, 4.69) is 10.3 Å². The van der Waals surface area contributed by atoms with Crippen LogP contribution in [0.4, 0.5) is 11.5 Å². The molecule has 0 radical (unpaired) electrons. The lowest BCUT2D eigenvalue weighted by Gasteiger charge is -2.12. The first-order valence-corrected chi connectivity index (χ1v) is 6.20. The van der Waals surface area contributed by atoms with E-state index in [-0.39, 0.29) is 10.7 Å². The Balaban J connectivity index is 2.39. The van der Waals surface area contributed by atoms with E-state index in [1.165, 1.54) is 12.1 Å². The monoisotopic (exact) mass is 292 g/mol. The van der Waals surface area contributed by atoms with Gasteiger partial charge in [-0.1, -0.05) is 17.7 Å². The van der Waals surface area contributed by atoms with Crippen LogP contribution in [0.5, 0.6) is 5.75 Å². The fourth-order valence-corrected chi connectivity index (χ4v) is 1.95. The molecule has 0 unspecified atom stereocenters. The summed E-state index contributed by atoms with van der Waals surface area (Å²) in [5.41, 5.74) is 1.80. The number of ether oxygens (including phenoxy) is 1. The smallest absolute Gasteiger partial charge is 0.335 e. The van der Waals surface area contributed by atoms with Crippen molar-refractivity contribution < 1.29 is 14.6 Å². The largest absolute Gasteiger partial charge is 0.495 e. The number of aromatic nitrogens is 1. The number of rotatable bonds is 4. The van der Waals surface area contributed by atoms with Crippen LogP contribution >= 0.6 is 11.6 Å². The Labute approximate surface area is 121 Å². The van der Waals surface area contributed by atoms with Gasteiger partial charge in [0.2, 0.25) is 0 Å². The van der Waals surface area contributed by atoms with E-state index in [0.29, 0.717) is 17.3 Å². The van der Waals surface area contributed by atoms with Gasteiger partial charge in [0.25, 0.3) is 0 Å². The molecule has 0 saturated heterocycles. The van der Waals surface area contributed by atoms with Crippen molar-refractivity contribution in [3.05, 3.63) is 46.6 Å². The molecule has 2 N–H and O–H groups in total. The fourth-order valence-electron chi connectivity index (χ4n) is 1.74. The number of aromatic carboxylic acids is 1. The predicted molar refractivity (Wildman–Crippen MR) is 77.2 cm³/mol. The average Bonchev–Trinajstić information content (AvgIpc) is 2.38. The van der Waals surface area contributed by atoms with Crippen molar-refractivity contribution in [2.45, 2.75) is 6.92 Å². The number of benzene rings is 1. The van der Waals surface area contributed by atoms with Crippen LogP contribution in [0.25, 0.3) is 0 Å². The van der Waals surface area contributed by atoms with E-state index < -0.39 is 5.97 Å². The van der Waals surface area contributed by atoms with Gasteiger partial charge in [0.15, 0.2) is 0 Å². The highest BCUT2D eigenvalue weighted by Gasteiger charge is 2.10. The maximum atomic E-state index is 11.0. The number of halogens is 1. The molecule has 20 heavy (non-hydrogen) atoms. The molecular weight excluding hydrogens is 280 g/mol. The Hall–Kier alpha value is -2.27. The van der Waals surface area contributed by atoms with Crippen LogP contribution < -0.4 is 10.1 Å². The molecule has 6 heteroatoms. The molecule has 0 bridgehead atoms. The summed E-state index contributed by atoms with van der Waals surface area (Å²) in [6.45, 7) is 1.94. The van der Waals surface area contributed by atoms with Crippen LogP contribution in [-0.2, 0) is 0 Å². The number of carbonyl (C=O) groups is 1. The van der Waals surface area contributed by atoms with Gasteiger partial charge in [0.05, 0.1) is 18.4 Å². The number of carboxylic acids is 1. The molecule has 0 saturated carbocycles. The normalized spacial score (nSPS) is 10.2. The number of carboxylic acid groups (broad SMARTS) is 1. The van der Waals surface area contributed by atoms with Crippen molar-refractivity contribution in [3.8, 4) is 5.75 Å². The van der Waals surface area contributed by atoms with Gasteiger partial charge < -0.3 is 15.2 Å². The zero-order valence-corrected chi connectivity index (χ0v) is 11.7. The highest BCUT2D eigenvalue weighted by atomic mass is 35.5. The number of hydrogen-bond acceptors (Lipinski definition) is 4. The lowest BCUT2D eigenvalue weighted by Crippen LogP contribution is -2.02. The standard InChI is InChI=1S/C14H13ClN2O3/c1-8-3-4-11(20-2)10(5-8)16-13-7-9(14(18)19)6-12(15)17-13/h3-7H,1-2H3,(H,16,17)(H,18,19). The zero-order valence-electron chi connectivity index (χ0n) is 11.0. The van der Waals surface area contributed by atoms with Crippen molar-refractivity contribution >= 4 is 29.1 Å². The summed E-state index contributed by atoms with van der Waals surface area (Å²) < 4.78 is 5.24. The Kier molecular flexibility index (Phi) is 4.10. The van der Waals surface area contributed by atoms with E-state index in [0.717, 1.165) is 5.56 Å². The molecule has 0 aliphatic heterocycles. The minimum Gasteiger partial charge on any atom is -0.495 e. The lowest BCUT2D eigenvalue weighted by atomic mass is 10.2. The van der Waals surface area contributed by atoms with Gasteiger partial charge in [0, 0.05) is 0 Å². The third kappa shape index (κ3) is 3.19. The maximum Gasteiger partial charge on any atom is 0.335 e. The first-order valence-electron chi connectivity index (χ1n) is 5.82. The first-order chi connectivity index (χ1) is 9.49.